The Bertz CT molecular complexity index is 324. The van der Waals surface area contributed by atoms with E-state index < -0.39 is 5.97 Å². The average molecular weight is 207 g/mol. The van der Waals surface area contributed by atoms with Crippen LogP contribution in [0.1, 0.15) is 5.56 Å². The number of rotatable bonds is 5. The van der Waals surface area contributed by atoms with E-state index in [2.05, 4.69) is 4.74 Å². The first-order valence-electron chi connectivity index (χ1n) is 4.56. The average Bonchev–Trinajstić information content (AvgIpc) is 2.29. The highest BCUT2D eigenvalue weighted by molar-refractivity contribution is 5.73. The Morgan fingerprint density at radius 1 is 1.40 bits per heavy atom. The molecule has 1 aromatic carbocycles. The summed E-state index contributed by atoms with van der Waals surface area (Å²) < 4.78 is 4.48. The van der Waals surface area contributed by atoms with Gasteiger partial charge in [0.05, 0.1) is 7.11 Å². The number of carbonyl (C=O) groups excluding carboxylic acids is 2. The molecule has 0 aliphatic rings. The van der Waals surface area contributed by atoms with Crippen LogP contribution in [0.3, 0.4) is 0 Å². The van der Waals surface area contributed by atoms with Gasteiger partial charge in [-0.1, -0.05) is 30.3 Å². The van der Waals surface area contributed by atoms with Crippen LogP contribution >= 0.6 is 0 Å². The lowest BCUT2D eigenvalue weighted by Gasteiger charge is -2.15. The number of ether oxygens (including phenoxy) is 1. The van der Waals surface area contributed by atoms with Gasteiger partial charge in [0.25, 0.3) is 0 Å². The topological polar surface area (TPSA) is 46.6 Å². The first kappa shape index (κ1) is 11.2. The van der Waals surface area contributed by atoms with Crippen LogP contribution in [0.15, 0.2) is 30.3 Å². The minimum Gasteiger partial charge on any atom is -0.468 e. The molecule has 4 nitrogen and oxygen atoms in total. The van der Waals surface area contributed by atoms with Crippen LogP contribution in [0.4, 0.5) is 0 Å². The Kier molecular flexibility index (Phi) is 4.34. The van der Waals surface area contributed by atoms with Crippen molar-refractivity contribution in [3.8, 4) is 0 Å². The van der Waals surface area contributed by atoms with Crippen LogP contribution in [0, 0.1) is 0 Å². The van der Waals surface area contributed by atoms with Crippen molar-refractivity contribution >= 4 is 12.4 Å². The van der Waals surface area contributed by atoms with Gasteiger partial charge in [0, 0.05) is 6.54 Å². The molecule has 0 saturated heterocycles. The zero-order chi connectivity index (χ0) is 11.1. The van der Waals surface area contributed by atoms with Crippen LogP contribution in [0.2, 0.25) is 0 Å². The monoisotopic (exact) mass is 207 g/mol. The summed E-state index contributed by atoms with van der Waals surface area (Å²) in [5.74, 6) is -0.418. The molecule has 0 unspecified atom stereocenters. The van der Waals surface area contributed by atoms with Crippen molar-refractivity contribution in [2.75, 3.05) is 13.7 Å². The molecule has 0 bridgehead atoms. The fourth-order valence-electron chi connectivity index (χ4n) is 1.18. The Labute approximate surface area is 88.5 Å². The molecule has 0 aromatic heterocycles. The smallest absolute Gasteiger partial charge is 0.325 e. The molecular weight excluding hydrogens is 194 g/mol. The first-order chi connectivity index (χ1) is 7.26. The van der Waals surface area contributed by atoms with E-state index >= 15 is 0 Å². The number of hydrogen-bond donors (Lipinski definition) is 0. The predicted molar refractivity (Wildman–Crippen MR) is 54.9 cm³/mol. The van der Waals surface area contributed by atoms with Crippen molar-refractivity contribution < 1.29 is 14.3 Å². The van der Waals surface area contributed by atoms with Crippen LogP contribution in [-0.2, 0) is 20.9 Å². The van der Waals surface area contributed by atoms with E-state index in [9.17, 15) is 9.59 Å². The van der Waals surface area contributed by atoms with E-state index in [1.165, 1.54) is 12.0 Å². The number of nitrogens with zero attached hydrogens (tertiary/aromatic N) is 1. The van der Waals surface area contributed by atoms with E-state index in [1.54, 1.807) is 0 Å². The molecule has 0 radical (unpaired) electrons. The van der Waals surface area contributed by atoms with E-state index in [-0.39, 0.29) is 6.54 Å². The van der Waals surface area contributed by atoms with E-state index in [0.29, 0.717) is 13.0 Å². The highest BCUT2D eigenvalue weighted by atomic mass is 16.5. The quantitative estimate of drug-likeness (QED) is 0.530. The van der Waals surface area contributed by atoms with Gasteiger partial charge in [-0.05, 0) is 5.56 Å². The molecule has 4 heteroatoms. The molecule has 1 amide bonds. The molecule has 1 rings (SSSR count). The summed E-state index contributed by atoms with van der Waals surface area (Å²) in [5, 5.41) is 0. The number of esters is 1. The molecule has 0 fully saturated rings. The fourth-order valence-corrected chi connectivity index (χ4v) is 1.18. The standard InChI is InChI=1S/C11H13NO3/c1-15-11(14)8-12(9-13)7-10-5-3-2-4-6-10/h2-6,9H,7-8H2,1H3. The van der Waals surface area contributed by atoms with E-state index in [1.807, 2.05) is 30.3 Å². The summed E-state index contributed by atoms with van der Waals surface area (Å²) in [6, 6.07) is 9.46. The van der Waals surface area contributed by atoms with E-state index in [4.69, 9.17) is 0 Å². The van der Waals surface area contributed by atoms with Gasteiger partial charge < -0.3 is 9.64 Å². The maximum Gasteiger partial charge on any atom is 0.325 e. The van der Waals surface area contributed by atoms with Crippen LogP contribution < -0.4 is 0 Å². The summed E-state index contributed by atoms with van der Waals surface area (Å²) in [7, 11) is 1.30. The van der Waals surface area contributed by atoms with Gasteiger partial charge in [-0.25, -0.2) is 0 Å². The van der Waals surface area contributed by atoms with Gasteiger partial charge in [-0.15, -0.1) is 0 Å². The first-order valence-corrected chi connectivity index (χ1v) is 4.56. The highest BCUT2D eigenvalue weighted by Crippen LogP contribution is 2.02. The van der Waals surface area contributed by atoms with Gasteiger partial charge in [-0.3, -0.25) is 9.59 Å². The second-order valence-corrected chi connectivity index (χ2v) is 3.07. The molecule has 0 aliphatic heterocycles. The zero-order valence-electron chi connectivity index (χ0n) is 8.55. The lowest BCUT2D eigenvalue weighted by molar-refractivity contribution is -0.144. The van der Waals surface area contributed by atoms with Crippen molar-refractivity contribution in [3.63, 3.8) is 0 Å². The minimum absolute atomic E-state index is 0.0190. The van der Waals surface area contributed by atoms with E-state index in [0.717, 1.165) is 5.56 Å². The number of amides is 1. The molecule has 0 aliphatic carbocycles. The molecule has 0 heterocycles. The van der Waals surface area contributed by atoms with Crippen molar-refractivity contribution in [3.05, 3.63) is 35.9 Å². The third kappa shape index (κ3) is 3.81. The van der Waals surface area contributed by atoms with Gasteiger partial charge >= 0.3 is 5.97 Å². The van der Waals surface area contributed by atoms with Crippen LogP contribution in [0.5, 0.6) is 0 Å². The molecule has 0 spiro atoms. The number of methoxy groups -OCH3 is 1. The third-order valence-electron chi connectivity index (χ3n) is 1.94. The van der Waals surface area contributed by atoms with Gasteiger partial charge in [-0.2, -0.15) is 0 Å². The molecule has 0 saturated carbocycles. The van der Waals surface area contributed by atoms with Crippen molar-refractivity contribution in [2.45, 2.75) is 6.54 Å². The summed E-state index contributed by atoms with van der Waals surface area (Å²) >= 11 is 0. The summed E-state index contributed by atoms with van der Waals surface area (Å²) in [6.45, 7) is 0.397. The Morgan fingerprint density at radius 2 is 2.07 bits per heavy atom. The second-order valence-electron chi connectivity index (χ2n) is 3.07. The third-order valence-corrected chi connectivity index (χ3v) is 1.94. The molecule has 1 aromatic rings. The highest BCUT2D eigenvalue weighted by Gasteiger charge is 2.08. The van der Waals surface area contributed by atoms with Crippen molar-refractivity contribution in [2.24, 2.45) is 0 Å². The Balaban J connectivity index is 2.54. The molecule has 15 heavy (non-hydrogen) atoms. The van der Waals surface area contributed by atoms with Gasteiger partial charge in [0.1, 0.15) is 6.54 Å². The molecule has 0 atom stereocenters. The fraction of sp³-hybridized carbons (Fsp3) is 0.273. The second kappa shape index (κ2) is 5.80. The Morgan fingerprint density at radius 3 is 2.60 bits per heavy atom. The maximum absolute atomic E-state index is 10.9. The lowest BCUT2D eigenvalue weighted by Crippen LogP contribution is -2.28. The van der Waals surface area contributed by atoms with Crippen LogP contribution in [-0.4, -0.2) is 30.9 Å². The summed E-state index contributed by atoms with van der Waals surface area (Å²) in [5.41, 5.74) is 0.980. The minimum atomic E-state index is -0.418. The van der Waals surface area contributed by atoms with Crippen molar-refractivity contribution in [1.29, 1.82) is 0 Å². The summed E-state index contributed by atoms with van der Waals surface area (Å²) in [6.07, 6.45) is 0.643. The maximum atomic E-state index is 10.9. The zero-order valence-corrected chi connectivity index (χ0v) is 8.55. The van der Waals surface area contributed by atoms with Gasteiger partial charge in [0.2, 0.25) is 6.41 Å². The molecular formula is C11H13NO3. The van der Waals surface area contributed by atoms with Crippen LogP contribution in [0.25, 0.3) is 0 Å². The number of carbonyl (C=O) groups is 2. The normalized spacial score (nSPS) is 9.40. The largest absolute Gasteiger partial charge is 0.468 e. The van der Waals surface area contributed by atoms with Gasteiger partial charge in [0.15, 0.2) is 0 Å². The van der Waals surface area contributed by atoms with Crippen molar-refractivity contribution in [1.82, 2.24) is 4.90 Å². The number of benzene rings is 1. The summed E-state index contributed by atoms with van der Waals surface area (Å²) in [4.78, 5) is 23.0. The predicted octanol–water partition coefficient (Wildman–Crippen LogP) is 0.818. The number of hydrogen-bond acceptors (Lipinski definition) is 3. The SMILES string of the molecule is COC(=O)CN(C=O)Cc1ccccc1. The molecule has 80 valence electrons. The Hall–Kier alpha value is -1.84. The lowest BCUT2D eigenvalue weighted by atomic mass is 10.2. The molecule has 0 N–H and O–H groups in total.